The van der Waals surface area contributed by atoms with E-state index in [2.05, 4.69) is 27.9 Å². The van der Waals surface area contributed by atoms with Crippen LogP contribution in [0.15, 0.2) is 53.5 Å². The Balaban J connectivity index is 1.74. The number of hydrogen-bond donors (Lipinski definition) is 3. The average molecular weight is 383 g/mol. The normalized spacial score (nSPS) is 11.0. The maximum atomic E-state index is 11.7. The Morgan fingerprint density at radius 1 is 1.11 bits per heavy atom. The fourth-order valence-corrected chi connectivity index (χ4v) is 2.59. The van der Waals surface area contributed by atoms with E-state index in [-0.39, 0.29) is 5.91 Å². The molecular weight excluding hydrogens is 352 g/mol. The van der Waals surface area contributed by atoms with E-state index in [0.29, 0.717) is 32.1 Å². The zero-order chi connectivity index (χ0) is 20.2. The van der Waals surface area contributed by atoms with Gasteiger partial charge in [-0.1, -0.05) is 36.8 Å². The number of nitrogens with zero attached hydrogens (tertiary/aromatic N) is 1. The van der Waals surface area contributed by atoms with E-state index in [1.54, 1.807) is 7.05 Å². The number of hydrogen-bond acceptors (Lipinski definition) is 3. The lowest BCUT2D eigenvalue weighted by atomic mass is 10.2. The van der Waals surface area contributed by atoms with Crippen molar-refractivity contribution < 1.29 is 9.53 Å². The van der Waals surface area contributed by atoms with Crippen molar-refractivity contribution in [1.29, 1.82) is 0 Å². The monoisotopic (exact) mass is 382 g/mol. The summed E-state index contributed by atoms with van der Waals surface area (Å²) >= 11 is 0. The molecule has 150 valence electrons. The minimum Gasteiger partial charge on any atom is -0.492 e. The van der Waals surface area contributed by atoms with E-state index in [9.17, 15) is 4.79 Å². The highest BCUT2D eigenvalue weighted by Gasteiger charge is 2.03. The largest absolute Gasteiger partial charge is 0.492 e. The molecule has 0 heterocycles. The third-order valence-electron chi connectivity index (χ3n) is 4.06. The van der Waals surface area contributed by atoms with Gasteiger partial charge < -0.3 is 20.7 Å². The van der Waals surface area contributed by atoms with Crippen LogP contribution in [0, 0.1) is 6.92 Å². The second kappa shape index (κ2) is 11.6. The number of guanidine groups is 1. The van der Waals surface area contributed by atoms with Crippen molar-refractivity contribution in [2.75, 3.05) is 25.5 Å². The molecule has 1 amide bonds. The lowest BCUT2D eigenvalue weighted by Crippen LogP contribution is -2.38. The predicted octanol–water partition coefficient (Wildman–Crippen LogP) is 3.48. The fourth-order valence-electron chi connectivity index (χ4n) is 2.59. The molecule has 0 fully saturated rings. The van der Waals surface area contributed by atoms with Gasteiger partial charge in [-0.15, -0.1) is 0 Å². The number of benzene rings is 2. The van der Waals surface area contributed by atoms with Gasteiger partial charge in [0, 0.05) is 25.7 Å². The van der Waals surface area contributed by atoms with Gasteiger partial charge in [-0.2, -0.15) is 0 Å². The van der Waals surface area contributed by atoms with Crippen LogP contribution < -0.4 is 20.7 Å². The second-order valence-electron chi connectivity index (χ2n) is 6.51. The minimum absolute atomic E-state index is 0.0404. The third-order valence-corrected chi connectivity index (χ3v) is 4.06. The number of ether oxygens (including phenoxy) is 1. The lowest BCUT2D eigenvalue weighted by molar-refractivity contribution is -0.116. The molecule has 0 unspecified atom stereocenters. The summed E-state index contributed by atoms with van der Waals surface area (Å²) in [5.74, 6) is 1.60. The minimum atomic E-state index is 0.0404. The Hall–Kier alpha value is -3.02. The fraction of sp³-hybridized carbons (Fsp3) is 0.364. The molecule has 6 nitrogen and oxygen atoms in total. The van der Waals surface area contributed by atoms with Crippen LogP contribution in [0.25, 0.3) is 0 Å². The van der Waals surface area contributed by atoms with E-state index in [4.69, 9.17) is 4.74 Å². The molecule has 0 radical (unpaired) electrons. The van der Waals surface area contributed by atoms with E-state index in [0.717, 1.165) is 23.4 Å². The molecule has 0 spiro atoms. The molecule has 0 aromatic heterocycles. The van der Waals surface area contributed by atoms with Crippen LogP contribution in [-0.2, 0) is 11.3 Å². The van der Waals surface area contributed by atoms with Crippen LogP contribution in [-0.4, -0.2) is 32.1 Å². The van der Waals surface area contributed by atoms with Crippen molar-refractivity contribution >= 4 is 17.6 Å². The predicted molar refractivity (Wildman–Crippen MR) is 115 cm³/mol. The molecule has 0 saturated carbocycles. The molecule has 6 heteroatoms. The van der Waals surface area contributed by atoms with Crippen LogP contribution in [0.2, 0.25) is 0 Å². The summed E-state index contributed by atoms with van der Waals surface area (Å²) in [6.45, 7) is 5.83. The van der Waals surface area contributed by atoms with Gasteiger partial charge in [0.2, 0.25) is 5.91 Å². The standard InChI is InChI=1S/C22H30N4O2/c1-4-6-21(27)26-19-8-5-7-18(15-19)16-25-22(23-3)24-13-14-28-20-11-9-17(2)10-12-20/h5,7-12,15H,4,6,13-14,16H2,1-3H3,(H,26,27)(H2,23,24,25). The van der Waals surface area contributed by atoms with E-state index >= 15 is 0 Å². The summed E-state index contributed by atoms with van der Waals surface area (Å²) in [5.41, 5.74) is 3.09. The Kier molecular flexibility index (Phi) is 8.85. The SMILES string of the molecule is CCCC(=O)Nc1cccc(CNC(=NC)NCCOc2ccc(C)cc2)c1. The Labute approximate surface area is 167 Å². The quantitative estimate of drug-likeness (QED) is 0.353. The molecule has 0 aliphatic heterocycles. The zero-order valence-electron chi connectivity index (χ0n) is 16.9. The summed E-state index contributed by atoms with van der Waals surface area (Å²) in [4.78, 5) is 16.0. The summed E-state index contributed by atoms with van der Waals surface area (Å²) in [6, 6.07) is 15.8. The van der Waals surface area contributed by atoms with Crippen LogP contribution in [0.1, 0.15) is 30.9 Å². The number of nitrogens with one attached hydrogen (secondary N) is 3. The summed E-state index contributed by atoms with van der Waals surface area (Å²) in [5, 5.41) is 9.41. The smallest absolute Gasteiger partial charge is 0.224 e. The van der Waals surface area contributed by atoms with Gasteiger partial charge in [0.05, 0.1) is 6.54 Å². The highest BCUT2D eigenvalue weighted by molar-refractivity contribution is 5.90. The van der Waals surface area contributed by atoms with Gasteiger partial charge in [0.1, 0.15) is 12.4 Å². The first-order chi connectivity index (χ1) is 13.6. The maximum Gasteiger partial charge on any atom is 0.224 e. The van der Waals surface area contributed by atoms with Gasteiger partial charge in [-0.25, -0.2) is 0 Å². The third kappa shape index (κ3) is 7.70. The molecule has 0 atom stereocenters. The first kappa shape index (κ1) is 21.3. The van der Waals surface area contributed by atoms with Crippen molar-refractivity contribution in [3.8, 4) is 5.75 Å². The molecule has 0 aliphatic carbocycles. The van der Waals surface area contributed by atoms with Gasteiger partial charge in [-0.3, -0.25) is 9.79 Å². The van der Waals surface area contributed by atoms with Crippen molar-refractivity contribution in [3.63, 3.8) is 0 Å². The first-order valence-corrected chi connectivity index (χ1v) is 9.63. The van der Waals surface area contributed by atoms with E-state index in [1.807, 2.05) is 55.5 Å². The van der Waals surface area contributed by atoms with Crippen LogP contribution >= 0.6 is 0 Å². The zero-order valence-corrected chi connectivity index (χ0v) is 16.9. The Bertz CT molecular complexity index is 772. The number of amides is 1. The van der Waals surface area contributed by atoms with Crippen molar-refractivity contribution in [2.45, 2.75) is 33.2 Å². The molecule has 28 heavy (non-hydrogen) atoms. The second-order valence-corrected chi connectivity index (χ2v) is 6.51. The molecule has 0 bridgehead atoms. The maximum absolute atomic E-state index is 11.7. The van der Waals surface area contributed by atoms with Crippen molar-refractivity contribution in [2.24, 2.45) is 4.99 Å². The highest BCUT2D eigenvalue weighted by Crippen LogP contribution is 2.12. The molecular formula is C22H30N4O2. The lowest BCUT2D eigenvalue weighted by Gasteiger charge is -2.13. The number of anilines is 1. The number of carbonyl (C=O) groups excluding carboxylic acids is 1. The number of rotatable bonds is 9. The highest BCUT2D eigenvalue weighted by atomic mass is 16.5. The van der Waals surface area contributed by atoms with Gasteiger partial charge >= 0.3 is 0 Å². The molecule has 3 N–H and O–H groups in total. The topological polar surface area (TPSA) is 74.8 Å². The molecule has 2 aromatic carbocycles. The van der Waals surface area contributed by atoms with Gasteiger partial charge in [0.15, 0.2) is 5.96 Å². The number of aliphatic imine (C=N–C) groups is 1. The molecule has 2 rings (SSSR count). The van der Waals surface area contributed by atoms with E-state index in [1.165, 1.54) is 5.56 Å². The summed E-state index contributed by atoms with van der Waals surface area (Å²) in [6.07, 6.45) is 1.37. The van der Waals surface area contributed by atoms with Gasteiger partial charge in [-0.05, 0) is 43.2 Å². The van der Waals surface area contributed by atoms with Crippen molar-refractivity contribution in [1.82, 2.24) is 10.6 Å². The molecule has 2 aromatic rings. The summed E-state index contributed by atoms with van der Waals surface area (Å²) < 4.78 is 5.71. The number of aryl methyl sites for hydroxylation is 1. The first-order valence-electron chi connectivity index (χ1n) is 9.63. The Morgan fingerprint density at radius 2 is 1.89 bits per heavy atom. The average Bonchev–Trinajstić information content (AvgIpc) is 2.69. The van der Waals surface area contributed by atoms with Crippen LogP contribution in [0.4, 0.5) is 5.69 Å². The van der Waals surface area contributed by atoms with E-state index < -0.39 is 0 Å². The molecule has 0 saturated heterocycles. The van der Waals surface area contributed by atoms with Crippen LogP contribution in [0.3, 0.4) is 0 Å². The molecule has 0 aliphatic rings. The van der Waals surface area contributed by atoms with Crippen LogP contribution in [0.5, 0.6) is 5.75 Å². The van der Waals surface area contributed by atoms with Crippen molar-refractivity contribution in [3.05, 3.63) is 59.7 Å². The number of carbonyl (C=O) groups is 1. The van der Waals surface area contributed by atoms with Gasteiger partial charge in [0.25, 0.3) is 0 Å². The summed E-state index contributed by atoms with van der Waals surface area (Å²) in [7, 11) is 1.73. The Morgan fingerprint density at radius 3 is 2.61 bits per heavy atom.